The third-order valence-corrected chi connectivity index (χ3v) is 3.45. The first-order valence-corrected chi connectivity index (χ1v) is 6.45. The van der Waals surface area contributed by atoms with Crippen LogP contribution in [0.2, 0.25) is 0 Å². The van der Waals surface area contributed by atoms with E-state index < -0.39 is 21.6 Å². The smallest absolute Gasteiger partial charge is 0.318 e. The highest BCUT2D eigenvalue weighted by Gasteiger charge is 2.16. The van der Waals surface area contributed by atoms with Crippen LogP contribution in [0.3, 0.4) is 0 Å². The van der Waals surface area contributed by atoms with Gasteiger partial charge in [0.15, 0.2) is 9.84 Å². The molecule has 0 spiro atoms. The van der Waals surface area contributed by atoms with E-state index in [4.69, 9.17) is 10.8 Å². The van der Waals surface area contributed by atoms with Crippen LogP contribution >= 0.6 is 0 Å². The van der Waals surface area contributed by atoms with Crippen molar-refractivity contribution in [3.63, 3.8) is 0 Å². The Morgan fingerprint density at radius 1 is 1.19 bits per heavy atom. The molecule has 0 aliphatic heterocycles. The van der Waals surface area contributed by atoms with Crippen LogP contribution in [0.5, 0.6) is 0 Å². The molecule has 6 heteroatoms. The van der Waals surface area contributed by atoms with Crippen LogP contribution in [0.4, 0.5) is 0 Å². The van der Waals surface area contributed by atoms with E-state index in [-0.39, 0.29) is 5.75 Å². The summed E-state index contributed by atoms with van der Waals surface area (Å²) in [6.45, 7) is 0.391. The Balaban J connectivity index is 2.76. The summed E-state index contributed by atoms with van der Waals surface area (Å²) in [7, 11) is -3.58. The number of carboxylic acid groups (broad SMARTS) is 1. The fraction of sp³-hybridized carbons (Fsp3) is 0.300. The molecule has 0 atom stereocenters. The molecule has 0 saturated carbocycles. The Bertz CT molecular complexity index is 464. The van der Waals surface area contributed by atoms with Crippen molar-refractivity contribution < 1.29 is 18.3 Å². The molecule has 0 heterocycles. The molecule has 0 radical (unpaired) electrons. The van der Waals surface area contributed by atoms with Crippen molar-refractivity contribution in [1.29, 1.82) is 0 Å². The molecule has 0 bridgehead atoms. The zero-order valence-corrected chi connectivity index (χ0v) is 9.40. The number of hydrogen-bond donors (Lipinski definition) is 2. The van der Waals surface area contributed by atoms with Crippen LogP contribution in [-0.2, 0) is 26.9 Å². The Morgan fingerprint density at radius 3 is 2.12 bits per heavy atom. The predicted molar refractivity (Wildman–Crippen MR) is 59.5 cm³/mol. The molecule has 1 aromatic rings. The highest BCUT2D eigenvalue weighted by Crippen LogP contribution is 2.08. The maximum Gasteiger partial charge on any atom is 0.318 e. The van der Waals surface area contributed by atoms with Gasteiger partial charge in [0.05, 0.1) is 5.75 Å². The predicted octanol–water partition coefficient (Wildman–Crippen LogP) is 0.145. The lowest BCUT2D eigenvalue weighted by Crippen LogP contribution is -2.16. The monoisotopic (exact) mass is 243 g/mol. The average Bonchev–Trinajstić information content (AvgIpc) is 2.16. The van der Waals surface area contributed by atoms with Crippen molar-refractivity contribution in [3.05, 3.63) is 35.4 Å². The van der Waals surface area contributed by atoms with Crippen molar-refractivity contribution in [2.45, 2.75) is 12.3 Å². The number of carbonyl (C=O) groups is 1. The molecule has 0 fully saturated rings. The number of nitrogens with two attached hydrogens (primary N) is 1. The molecule has 0 amide bonds. The van der Waals surface area contributed by atoms with Gasteiger partial charge in [-0.15, -0.1) is 0 Å². The summed E-state index contributed by atoms with van der Waals surface area (Å²) in [5.74, 6) is -2.44. The van der Waals surface area contributed by atoms with Gasteiger partial charge in [0, 0.05) is 6.54 Å². The van der Waals surface area contributed by atoms with Crippen molar-refractivity contribution in [2.24, 2.45) is 5.73 Å². The first-order valence-electron chi connectivity index (χ1n) is 4.63. The summed E-state index contributed by atoms with van der Waals surface area (Å²) in [4.78, 5) is 10.3. The molecule has 88 valence electrons. The van der Waals surface area contributed by atoms with Gasteiger partial charge < -0.3 is 10.8 Å². The summed E-state index contributed by atoms with van der Waals surface area (Å²) >= 11 is 0. The number of hydrogen-bond acceptors (Lipinski definition) is 4. The second-order valence-electron chi connectivity index (χ2n) is 3.45. The number of benzene rings is 1. The van der Waals surface area contributed by atoms with Gasteiger partial charge in [0.2, 0.25) is 0 Å². The number of carboxylic acids is 1. The molecule has 0 aliphatic carbocycles. The standard InChI is InChI=1S/C10H13NO4S/c11-5-8-1-3-9(4-2-8)6-16(14,15)7-10(12)13/h1-4H,5-7,11H2,(H,12,13). The van der Waals surface area contributed by atoms with Crippen molar-refractivity contribution >= 4 is 15.8 Å². The average molecular weight is 243 g/mol. The van der Waals surface area contributed by atoms with Crippen molar-refractivity contribution in [1.82, 2.24) is 0 Å². The normalized spacial score (nSPS) is 11.3. The van der Waals surface area contributed by atoms with E-state index >= 15 is 0 Å². The van der Waals surface area contributed by atoms with Gasteiger partial charge in [0.1, 0.15) is 5.75 Å². The van der Waals surface area contributed by atoms with E-state index in [1.54, 1.807) is 24.3 Å². The lowest BCUT2D eigenvalue weighted by atomic mass is 10.1. The number of aliphatic carboxylic acids is 1. The Kier molecular flexibility index (Phi) is 4.03. The fourth-order valence-electron chi connectivity index (χ4n) is 1.26. The molecule has 0 aromatic heterocycles. The van der Waals surface area contributed by atoms with Crippen LogP contribution in [0.25, 0.3) is 0 Å². The van der Waals surface area contributed by atoms with Crippen LogP contribution in [0.1, 0.15) is 11.1 Å². The lowest BCUT2D eigenvalue weighted by molar-refractivity contribution is -0.134. The molecular formula is C10H13NO4S. The number of sulfone groups is 1. The fourth-order valence-corrected chi connectivity index (χ4v) is 2.44. The summed E-state index contributed by atoms with van der Waals surface area (Å²) < 4.78 is 22.7. The first-order chi connectivity index (χ1) is 7.43. The Morgan fingerprint density at radius 2 is 1.69 bits per heavy atom. The van der Waals surface area contributed by atoms with E-state index in [0.29, 0.717) is 12.1 Å². The van der Waals surface area contributed by atoms with Gasteiger partial charge in [-0.25, -0.2) is 8.42 Å². The van der Waals surface area contributed by atoms with Gasteiger partial charge >= 0.3 is 5.97 Å². The first kappa shape index (κ1) is 12.7. The van der Waals surface area contributed by atoms with E-state index in [0.717, 1.165) is 5.56 Å². The zero-order valence-electron chi connectivity index (χ0n) is 8.59. The largest absolute Gasteiger partial charge is 0.480 e. The third kappa shape index (κ3) is 4.00. The lowest BCUT2D eigenvalue weighted by Gasteiger charge is -2.03. The molecule has 3 N–H and O–H groups in total. The van der Waals surface area contributed by atoms with Crippen LogP contribution in [0.15, 0.2) is 24.3 Å². The summed E-state index contributed by atoms with van der Waals surface area (Å²) in [5, 5.41) is 8.41. The zero-order chi connectivity index (χ0) is 12.2. The summed E-state index contributed by atoms with van der Waals surface area (Å²) in [5.41, 5.74) is 6.87. The SMILES string of the molecule is NCc1ccc(CS(=O)(=O)CC(=O)O)cc1. The van der Waals surface area contributed by atoms with E-state index in [2.05, 4.69) is 0 Å². The van der Waals surface area contributed by atoms with E-state index in [1.807, 2.05) is 0 Å². The molecule has 0 aliphatic rings. The van der Waals surface area contributed by atoms with Crippen LogP contribution in [0, 0.1) is 0 Å². The molecule has 5 nitrogen and oxygen atoms in total. The van der Waals surface area contributed by atoms with Crippen molar-refractivity contribution in [3.8, 4) is 0 Å². The molecule has 0 saturated heterocycles. The molecule has 16 heavy (non-hydrogen) atoms. The highest BCUT2D eigenvalue weighted by atomic mass is 32.2. The Labute approximate surface area is 93.8 Å². The van der Waals surface area contributed by atoms with Crippen LogP contribution in [-0.4, -0.2) is 25.2 Å². The minimum atomic E-state index is -3.58. The van der Waals surface area contributed by atoms with Gasteiger partial charge in [-0.3, -0.25) is 4.79 Å². The second kappa shape index (κ2) is 5.09. The molecule has 0 unspecified atom stereocenters. The van der Waals surface area contributed by atoms with Gasteiger partial charge in [-0.1, -0.05) is 24.3 Å². The topological polar surface area (TPSA) is 97.5 Å². The minimum absolute atomic E-state index is 0.260. The molecule has 1 rings (SSSR count). The van der Waals surface area contributed by atoms with Crippen LogP contribution < -0.4 is 5.73 Å². The summed E-state index contributed by atoms with van der Waals surface area (Å²) in [6, 6.07) is 6.74. The highest BCUT2D eigenvalue weighted by molar-refractivity contribution is 7.91. The second-order valence-corrected chi connectivity index (χ2v) is 5.51. The van der Waals surface area contributed by atoms with Gasteiger partial charge in [-0.2, -0.15) is 0 Å². The minimum Gasteiger partial charge on any atom is -0.480 e. The maximum absolute atomic E-state index is 11.4. The maximum atomic E-state index is 11.4. The molecular weight excluding hydrogens is 230 g/mol. The van der Waals surface area contributed by atoms with E-state index in [1.165, 1.54) is 0 Å². The summed E-state index contributed by atoms with van der Waals surface area (Å²) in [6.07, 6.45) is 0. The van der Waals surface area contributed by atoms with Crippen molar-refractivity contribution in [2.75, 3.05) is 5.75 Å². The Hall–Kier alpha value is -1.40. The molecule has 1 aromatic carbocycles. The van der Waals surface area contributed by atoms with E-state index in [9.17, 15) is 13.2 Å². The van der Waals surface area contributed by atoms with Gasteiger partial charge in [0.25, 0.3) is 0 Å². The quantitative estimate of drug-likeness (QED) is 0.766. The third-order valence-electron chi connectivity index (χ3n) is 1.99. The van der Waals surface area contributed by atoms with Gasteiger partial charge in [-0.05, 0) is 11.1 Å². The number of rotatable bonds is 5.